The van der Waals surface area contributed by atoms with E-state index in [1.54, 1.807) is 17.5 Å². The second-order valence-corrected chi connectivity index (χ2v) is 6.49. The summed E-state index contributed by atoms with van der Waals surface area (Å²) in [4.78, 5) is 24.5. The standard InChI is InChI=1S/C17H15N3OS/c21-17(10-13-3-2-8-22-13)20-7-5-14-12(11-20)9-16-15(19-14)4-1-6-18-16/h1-4,6,8-9H,5,7,10-11H2. The van der Waals surface area contributed by atoms with Gasteiger partial charge >= 0.3 is 0 Å². The lowest BCUT2D eigenvalue weighted by Crippen LogP contribution is -2.37. The first kappa shape index (κ1) is 13.4. The van der Waals surface area contributed by atoms with E-state index in [1.807, 2.05) is 34.5 Å². The van der Waals surface area contributed by atoms with E-state index < -0.39 is 0 Å². The number of hydrogen-bond donors (Lipinski definition) is 0. The van der Waals surface area contributed by atoms with E-state index in [1.165, 1.54) is 0 Å². The van der Waals surface area contributed by atoms with E-state index in [2.05, 4.69) is 16.0 Å². The summed E-state index contributed by atoms with van der Waals surface area (Å²) in [5.41, 5.74) is 4.05. The lowest BCUT2D eigenvalue weighted by Gasteiger charge is -2.28. The molecule has 3 aromatic rings. The Bertz CT molecular complexity index is 829. The van der Waals surface area contributed by atoms with Crippen LogP contribution in [0.1, 0.15) is 16.1 Å². The highest BCUT2D eigenvalue weighted by atomic mass is 32.1. The summed E-state index contributed by atoms with van der Waals surface area (Å²) in [5.74, 6) is 0.189. The molecule has 0 fully saturated rings. The van der Waals surface area contributed by atoms with E-state index in [4.69, 9.17) is 0 Å². The minimum Gasteiger partial charge on any atom is -0.338 e. The predicted octanol–water partition coefficient (Wildman–Crippen LogP) is 2.82. The quantitative estimate of drug-likeness (QED) is 0.731. The molecule has 4 rings (SSSR count). The molecule has 0 bridgehead atoms. The van der Waals surface area contributed by atoms with E-state index in [-0.39, 0.29) is 5.91 Å². The summed E-state index contributed by atoms with van der Waals surface area (Å²) in [7, 11) is 0. The van der Waals surface area contributed by atoms with Gasteiger partial charge in [0.05, 0.1) is 17.5 Å². The van der Waals surface area contributed by atoms with E-state index in [9.17, 15) is 4.79 Å². The van der Waals surface area contributed by atoms with Gasteiger partial charge in [-0.05, 0) is 35.2 Å². The zero-order valence-electron chi connectivity index (χ0n) is 12.0. The number of hydrogen-bond acceptors (Lipinski definition) is 4. The molecule has 4 nitrogen and oxygen atoms in total. The Morgan fingerprint density at radius 2 is 2.23 bits per heavy atom. The number of fused-ring (bicyclic) bond motifs is 2. The van der Waals surface area contributed by atoms with E-state index in [0.717, 1.165) is 40.1 Å². The molecule has 1 aliphatic heterocycles. The predicted molar refractivity (Wildman–Crippen MR) is 86.7 cm³/mol. The number of amides is 1. The van der Waals surface area contributed by atoms with Gasteiger partial charge < -0.3 is 4.90 Å². The topological polar surface area (TPSA) is 46.1 Å². The monoisotopic (exact) mass is 309 g/mol. The average molecular weight is 309 g/mol. The smallest absolute Gasteiger partial charge is 0.228 e. The van der Waals surface area contributed by atoms with Crippen LogP contribution in [0.4, 0.5) is 0 Å². The van der Waals surface area contributed by atoms with Gasteiger partial charge in [-0.1, -0.05) is 6.07 Å². The third kappa shape index (κ3) is 2.48. The van der Waals surface area contributed by atoms with Gasteiger partial charge in [-0.2, -0.15) is 0 Å². The number of carbonyl (C=O) groups is 1. The molecule has 0 aromatic carbocycles. The lowest BCUT2D eigenvalue weighted by atomic mass is 10.0. The molecule has 0 spiro atoms. The first-order valence-corrected chi connectivity index (χ1v) is 8.21. The summed E-state index contributed by atoms with van der Waals surface area (Å²) in [6.45, 7) is 1.38. The molecule has 1 amide bonds. The number of rotatable bonds is 2. The van der Waals surface area contributed by atoms with Gasteiger partial charge in [0.2, 0.25) is 5.91 Å². The maximum atomic E-state index is 12.4. The molecule has 0 aliphatic carbocycles. The van der Waals surface area contributed by atoms with Crippen LogP contribution in [-0.4, -0.2) is 27.3 Å². The number of pyridine rings is 2. The minimum atomic E-state index is 0.189. The largest absolute Gasteiger partial charge is 0.338 e. The zero-order valence-corrected chi connectivity index (χ0v) is 12.8. The highest BCUT2D eigenvalue weighted by Gasteiger charge is 2.22. The fraction of sp³-hybridized carbons (Fsp3) is 0.235. The molecule has 22 heavy (non-hydrogen) atoms. The van der Waals surface area contributed by atoms with Crippen LogP contribution in [0.2, 0.25) is 0 Å². The summed E-state index contributed by atoms with van der Waals surface area (Å²) >= 11 is 1.63. The molecule has 1 aliphatic rings. The average Bonchev–Trinajstić information content (AvgIpc) is 3.05. The van der Waals surface area contributed by atoms with Gasteiger partial charge in [0, 0.05) is 36.3 Å². The number of nitrogens with zero attached hydrogens (tertiary/aromatic N) is 3. The van der Waals surface area contributed by atoms with Crippen molar-refractivity contribution in [2.24, 2.45) is 0 Å². The first-order valence-electron chi connectivity index (χ1n) is 7.33. The maximum absolute atomic E-state index is 12.4. The van der Waals surface area contributed by atoms with Crippen LogP contribution in [0, 0.1) is 0 Å². The Morgan fingerprint density at radius 1 is 1.27 bits per heavy atom. The molecule has 110 valence electrons. The summed E-state index contributed by atoms with van der Waals surface area (Å²) in [6, 6.07) is 9.96. The van der Waals surface area contributed by atoms with Crippen LogP contribution in [-0.2, 0) is 24.2 Å². The zero-order chi connectivity index (χ0) is 14.9. The normalized spacial score (nSPS) is 14.1. The van der Waals surface area contributed by atoms with Crippen molar-refractivity contribution >= 4 is 28.3 Å². The van der Waals surface area contributed by atoms with Crippen molar-refractivity contribution in [2.75, 3.05) is 6.54 Å². The van der Waals surface area contributed by atoms with Gasteiger partial charge in [-0.25, -0.2) is 0 Å². The summed E-state index contributed by atoms with van der Waals surface area (Å²) in [6.07, 6.45) is 3.08. The van der Waals surface area contributed by atoms with Crippen molar-refractivity contribution in [1.29, 1.82) is 0 Å². The van der Waals surface area contributed by atoms with Crippen molar-refractivity contribution in [3.63, 3.8) is 0 Å². The second-order valence-electron chi connectivity index (χ2n) is 5.46. The molecular formula is C17H15N3OS. The van der Waals surface area contributed by atoms with Gasteiger partial charge in [0.25, 0.3) is 0 Å². The van der Waals surface area contributed by atoms with Crippen LogP contribution < -0.4 is 0 Å². The Balaban J connectivity index is 1.58. The van der Waals surface area contributed by atoms with Gasteiger partial charge in [-0.3, -0.25) is 14.8 Å². The van der Waals surface area contributed by atoms with Crippen molar-refractivity contribution < 1.29 is 4.79 Å². The highest BCUT2D eigenvalue weighted by Crippen LogP contribution is 2.22. The Labute approximate surface area is 132 Å². The molecule has 0 atom stereocenters. The summed E-state index contributed by atoms with van der Waals surface area (Å²) < 4.78 is 0. The second kappa shape index (κ2) is 5.50. The molecule has 4 heterocycles. The third-order valence-corrected chi connectivity index (χ3v) is 4.87. The SMILES string of the molecule is O=C(Cc1cccs1)N1CCc2nc3cccnc3cc2C1. The molecule has 0 N–H and O–H groups in total. The van der Waals surface area contributed by atoms with Crippen molar-refractivity contribution in [2.45, 2.75) is 19.4 Å². The van der Waals surface area contributed by atoms with E-state index >= 15 is 0 Å². The lowest BCUT2D eigenvalue weighted by molar-refractivity contribution is -0.131. The molecule has 0 saturated heterocycles. The van der Waals surface area contributed by atoms with Crippen LogP contribution in [0.25, 0.3) is 11.0 Å². The maximum Gasteiger partial charge on any atom is 0.228 e. The van der Waals surface area contributed by atoms with Crippen LogP contribution in [0.15, 0.2) is 41.9 Å². The Hall–Kier alpha value is -2.27. The van der Waals surface area contributed by atoms with Crippen LogP contribution in [0.3, 0.4) is 0 Å². The van der Waals surface area contributed by atoms with Crippen molar-refractivity contribution in [1.82, 2.24) is 14.9 Å². The van der Waals surface area contributed by atoms with Crippen molar-refractivity contribution in [3.05, 3.63) is 58.0 Å². The van der Waals surface area contributed by atoms with Crippen LogP contribution >= 0.6 is 11.3 Å². The number of carbonyl (C=O) groups excluding carboxylic acids is 1. The molecular weight excluding hydrogens is 294 g/mol. The fourth-order valence-corrected chi connectivity index (χ4v) is 3.54. The fourth-order valence-electron chi connectivity index (χ4n) is 2.85. The minimum absolute atomic E-state index is 0.189. The van der Waals surface area contributed by atoms with Gasteiger partial charge in [0.15, 0.2) is 0 Å². The Morgan fingerprint density at radius 3 is 3.09 bits per heavy atom. The molecule has 3 aromatic heterocycles. The molecule has 0 saturated carbocycles. The van der Waals surface area contributed by atoms with Crippen molar-refractivity contribution in [3.8, 4) is 0 Å². The molecule has 0 radical (unpaired) electrons. The molecule has 5 heteroatoms. The van der Waals surface area contributed by atoms with Gasteiger partial charge in [-0.15, -0.1) is 11.3 Å². The third-order valence-electron chi connectivity index (χ3n) is 3.99. The summed E-state index contributed by atoms with van der Waals surface area (Å²) in [5, 5.41) is 2.01. The Kier molecular flexibility index (Phi) is 3.35. The number of thiophene rings is 1. The van der Waals surface area contributed by atoms with Gasteiger partial charge in [0.1, 0.15) is 0 Å². The molecule has 0 unspecified atom stereocenters. The number of aromatic nitrogens is 2. The first-order chi connectivity index (χ1) is 10.8. The highest BCUT2D eigenvalue weighted by molar-refractivity contribution is 7.10. The van der Waals surface area contributed by atoms with E-state index in [0.29, 0.717) is 13.0 Å². The van der Waals surface area contributed by atoms with Crippen LogP contribution in [0.5, 0.6) is 0 Å².